The minimum absolute atomic E-state index is 0.0115. The fourth-order valence-corrected chi connectivity index (χ4v) is 3.32. The number of carbonyl (C=O) groups excluding carboxylic acids is 1. The Morgan fingerprint density at radius 1 is 1.23 bits per heavy atom. The molecular formula is C19H28N6O. The van der Waals surface area contributed by atoms with Crippen molar-refractivity contribution in [3.63, 3.8) is 0 Å². The van der Waals surface area contributed by atoms with Crippen LogP contribution in [-0.2, 0) is 11.2 Å². The fourth-order valence-electron chi connectivity index (χ4n) is 3.32. The normalized spacial score (nSPS) is 15.5. The maximum atomic E-state index is 12.2. The second-order valence-electron chi connectivity index (χ2n) is 7.15. The third kappa shape index (κ3) is 4.82. The Kier molecular flexibility index (Phi) is 5.88. The second-order valence-corrected chi connectivity index (χ2v) is 7.15. The van der Waals surface area contributed by atoms with E-state index in [4.69, 9.17) is 0 Å². The van der Waals surface area contributed by atoms with Crippen LogP contribution in [-0.4, -0.2) is 58.2 Å². The first-order valence-electron chi connectivity index (χ1n) is 9.26. The van der Waals surface area contributed by atoms with Crippen molar-refractivity contribution < 1.29 is 4.79 Å². The van der Waals surface area contributed by atoms with E-state index >= 15 is 0 Å². The van der Waals surface area contributed by atoms with Gasteiger partial charge < -0.3 is 10.2 Å². The number of nitrogens with zero attached hydrogens (tertiary/aromatic N) is 4. The van der Waals surface area contributed by atoms with E-state index in [1.54, 1.807) is 0 Å². The van der Waals surface area contributed by atoms with Crippen LogP contribution in [0.15, 0.2) is 24.5 Å². The first-order valence-corrected chi connectivity index (χ1v) is 9.26. The molecule has 0 saturated carbocycles. The summed E-state index contributed by atoms with van der Waals surface area (Å²) in [7, 11) is 0. The third-order valence-corrected chi connectivity index (χ3v) is 4.81. The van der Waals surface area contributed by atoms with Crippen molar-refractivity contribution in [2.75, 3.05) is 36.4 Å². The van der Waals surface area contributed by atoms with E-state index in [0.29, 0.717) is 18.9 Å². The maximum Gasteiger partial charge on any atom is 0.224 e. The van der Waals surface area contributed by atoms with Gasteiger partial charge in [0.2, 0.25) is 5.91 Å². The Hall–Kier alpha value is -2.41. The molecule has 7 nitrogen and oxygen atoms in total. The molecule has 1 aromatic carbocycles. The molecule has 0 unspecified atom stereocenters. The van der Waals surface area contributed by atoms with Gasteiger partial charge in [0, 0.05) is 56.4 Å². The highest BCUT2D eigenvalue weighted by molar-refractivity contribution is 5.91. The predicted molar refractivity (Wildman–Crippen MR) is 103 cm³/mol. The number of benzene rings is 1. The molecule has 26 heavy (non-hydrogen) atoms. The van der Waals surface area contributed by atoms with Crippen LogP contribution in [0.2, 0.25) is 0 Å². The molecule has 2 aromatic rings. The molecule has 0 atom stereocenters. The largest absolute Gasteiger partial charge is 0.369 e. The number of anilines is 2. The van der Waals surface area contributed by atoms with Gasteiger partial charge in [-0.2, -0.15) is 5.10 Å². The average Bonchev–Trinajstić information content (AvgIpc) is 3.13. The summed E-state index contributed by atoms with van der Waals surface area (Å²) in [6.45, 7) is 10.7. The van der Waals surface area contributed by atoms with Gasteiger partial charge in [-0.15, -0.1) is 0 Å². The number of aromatic amines is 1. The van der Waals surface area contributed by atoms with Crippen molar-refractivity contribution in [2.24, 2.45) is 0 Å². The van der Waals surface area contributed by atoms with E-state index in [2.05, 4.69) is 63.2 Å². The summed E-state index contributed by atoms with van der Waals surface area (Å²) in [5.41, 5.74) is 3.19. The van der Waals surface area contributed by atoms with Gasteiger partial charge in [0.15, 0.2) is 0 Å². The fraction of sp³-hybridized carbons (Fsp3) is 0.526. The molecule has 3 rings (SSSR count). The van der Waals surface area contributed by atoms with Gasteiger partial charge in [-0.25, -0.2) is 4.98 Å². The van der Waals surface area contributed by atoms with E-state index in [-0.39, 0.29) is 5.91 Å². The zero-order valence-corrected chi connectivity index (χ0v) is 15.8. The molecule has 1 aromatic heterocycles. The second kappa shape index (κ2) is 8.31. The van der Waals surface area contributed by atoms with Crippen molar-refractivity contribution in [1.29, 1.82) is 0 Å². The Balaban J connectivity index is 1.59. The SMILES string of the molecule is Cc1cc(NC(=O)CCc2ncn[nH]2)cc(N2CCN(C(C)C)CC2)c1. The van der Waals surface area contributed by atoms with Crippen molar-refractivity contribution in [3.05, 3.63) is 35.9 Å². The van der Waals surface area contributed by atoms with Crippen LogP contribution in [0.5, 0.6) is 0 Å². The number of hydrogen-bond donors (Lipinski definition) is 2. The summed E-state index contributed by atoms with van der Waals surface area (Å²) >= 11 is 0. The standard InChI is InChI=1S/C19H28N6O/c1-14(2)24-6-8-25(9-7-24)17-11-15(3)10-16(12-17)22-19(26)5-4-18-20-13-21-23-18/h10-14H,4-9H2,1-3H3,(H,22,26)(H,20,21,23). The zero-order chi connectivity index (χ0) is 18.5. The van der Waals surface area contributed by atoms with E-state index in [9.17, 15) is 4.79 Å². The molecule has 1 saturated heterocycles. The molecule has 1 fully saturated rings. The third-order valence-electron chi connectivity index (χ3n) is 4.81. The summed E-state index contributed by atoms with van der Waals surface area (Å²) < 4.78 is 0. The molecule has 0 aliphatic carbocycles. The van der Waals surface area contributed by atoms with Gasteiger partial charge >= 0.3 is 0 Å². The first kappa shape index (κ1) is 18.4. The molecule has 0 bridgehead atoms. The highest BCUT2D eigenvalue weighted by Gasteiger charge is 2.19. The molecular weight excluding hydrogens is 328 g/mol. The molecule has 2 heterocycles. The molecule has 140 valence electrons. The van der Waals surface area contributed by atoms with Crippen LogP contribution < -0.4 is 10.2 Å². The van der Waals surface area contributed by atoms with Gasteiger partial charge in [0.05, 0.1) is 0 Å². The monoisotopic (exact) mass is 356 g/mol. The Morgan fingerprint density at radius 3 is 2.65 bits per heavy atom. The Labute approximate surface area is 154 Å². The number of aromatic nitrogens is 3. The maximum absolute atomic E-state index is 12.2. The van der Waals surface area contributed by atoms with Crippen molar-refractivity contribution in [1.82, 2.24) is 20.1 Å². The number of piperazine rings is 1. The van der Waals surface area contributed by atoms with Gasteiger partial charge in [0.1, 0.15) is 12.2 Å². The molecule has 1 aliphatic heterocycles. The van der Waals surface area contributed by atoms with E-state index in [1.807, 2.05) is 6.07 Å². The topological polar surface area (TPSA) is 77.1 Å². The van der Waals surface area contributed by atoms with Crippen LogP contribution in [0, 0.1) is 6.92 Å². The minimum atomic E-state index is -0.0115. The molecule has 2 N–H and O–H groups in total. The highest BCUT2D eigenvalue weighted by Crippen LogP contribution is 2.24. The van der Waals surface area contributed by atoms with Gasteiger partial charge in [-0.3, -0.25) is 14.8 Å². The number of rotatable bonds is 6. The van der Waals surface area contributed by atoms with E-state index in [0.717, 1.165) is 43.3 Å². The van der Waals surface area contributed by atoms with Gasteiger partial charge in [-0.05, 0) is 44.5 Å². The molecule has 1 aliphatic rings. The van der Waals surface area contributed by atoms with Crippen LogP contribution in [0.1, 0.15) is 31.7 Å². The lowest BCUT2D eigenvalue weighted by atomic mass is 10.1. The van der Waals surface area contributed by atoms with Crippen molar-refractivity contribution in [2.45, 2.75) is 39.7 Å². The number of carbonyl (C=O) groups is 1. The summed E-state index contributed by atoms with van der Waals surface area (Å²) in [5, 5.41) is 9.59. The number of amides is 1. The number of nitrogens with one attached hydrogen (secondary N) is 2. The molecule has 1 amide bonds. The summed E-state index contributed by atoms with van der Waals surface area (Å²) in [5.74, 6) is 0.718. The van der Waals surface area contributed by atoms with Gasteiger partial charge in [0.25, 0.3) is 0 Å². The molecule has 0 radical (unpaired) electrons. The summed E-state index contributed by atoms with van der Waals surface area (Å²) in [6, 6.07) is 6.87. The first-order chi connectivity index (χ1) is 12.5. The Morgan fingerprint density at radius 2 is 2.00 bits per heavy atom. The zero-order valence-electron chi connectivity index (χ0n) is 15.8. The van der Waals surface area contributed by atoms with Crippen LogP contribution >= 0.6 is 0 Å². The number of aryl methyl sites for hydroxylation is 2. The average molecular weight is 356 g/mol. The molecule has 7 heteroatoms. The van der Waals surface area contributed by atoms with Gasteiger partial charge in [-0.1, -0.05) is 0 Å². The van der Waals surface area contributed by atoms with Crippen LogP contribution in [0.4, 0.5) is 11.4 Å². The predicted octanol–water partition coefficient (Wildman–Crippen LogP) is 2.21. The van der Waals surface area contributed by atoms with Crippen molar-refractivity contribution in [3.8, 4) is 0 Å². The van der Waals surface area contributed by atoms with E-state index < -0.39 is 0 Å². The Bertz CT molecular complexity index is 720. The quantitative estimate of drug-likeness (QED) is 0.830. The molecule has 0 spiro atoms. The minimum Gasteiger partial charge on any atom is -0.369 e. The lowest BCUT2D eigenvalue weighted by Gasteiger charge is -2.38. The lowest BCUT2D eigenvalue weighted by molar-refractivity contribution is -0.116. The number of hydrogen-bond acceptors (Lipinski definition) is 5. The van der Waals surface area contributed by atoms with Crippen molar-refractivity contribution >= 4 is 17.3 Å². The lowest BCUT2D eigenvalue weighted by Crippen LogP contribution is -2.48. The van der Waals surface area contributed by atoms with Crippen LogP contribution in [0.3, 0.4) is 0 Å². The summed E-state index contributed by atoms with van der Waals surface area (Å²) in [4.78, 5) is 21.2. The van der Waals surface area contributed by atoms with Crippen LogP contribution in [0.25, 0.3) is 0 Å². The smallest absolute Gasteiger partial charge is 0.224 e. The highest BCUT2D eigenvalue weighted by atomic mass is 16.1. The number of H-pyrrole nitrogens is 1. The summed E-state index contributed by atoms with van der Waals surface area (Å²) in [6.07, 6.45) is 2.40. The van der Waals surface area contributed by atoms with E-state index in [1.165, 1.54) is 12.0 Å².